The Balaban J connectivity index is 1.42. The second-order valence-electron chi connectivity index (χ2n) is 9.61. The molecule has 0 unspecified atom stereocenters. The number of aliphatic hydroxyl groups is 1. The number of carboxylic acid groups (broad SMARTS) is 1. The number of rotatable bonds is 8. The third-order valence-corrected chi connectivity index (χ3v) is 7.47. The van der Waals surface area contributed by atoms with Gasteiger partial charge in [0.05, 0.1) is 36.7 Å². The van der Waals surface area contributed by atoms with E-state index in [-0.39, 0.29) is 12.2 Å². The first-order chi connectivity index (χ1) is 17.8. The highest BCUT2D eigenvalue weighted by molar-refractivity contribution is 6.32. The van der Waals surface area contributed by atoms with Gasteiger partial charge in [0.2, 0.25) is 0 Å². The SMILES string of the molecule is COc1ccc2ncc(Cl)c([C@H](O)CCC3(CC(=O)O)CCN(CC#Cc4ccc(F)cc4)CC3)c2c1. The van der Waals surface area contributed by atoms with E-state index in [0.717, 1.165) is 24.0 Å². The summed E-state index contributed by atoms with van der Waals surface area (Å²) in [5.74, 6) is 5.69. The van der Waals surface area contributed by atoms with Crippen molar-refractivity contribution in [2.75, 3.05) is 26.7 Å². The van der Waals surface area contributed by atoms with Crippen molar-refractivity contribution in [2.45, 2.75) is 38.2 Å². The van der Waals surface area contributed by atoms with Crippen molar-refractivity contribution < 1.29 is 24.1 Å². The van der Waals surface area contributed by atoms with Crippen LogP contribution in [0.3, 0.4) is 0 Å². The standard InChI is InChI=1S/C29H30ClFN2O4/c1-37-22-8-9-25-23(17-22)28(24(30)19-32-25)26(34)10-11-29(18-27(35)36)12-15-33(16-13-29)14-2-3-20-4-6-21(31)7-5-20/h4-9,17,19,26,34H,10-16,18H2,1H3,(H,35,36)/t26-/m1/s1. The van der Waals surface area contributed by atoms with Gasteiger partial charge in [0, 0.05) is 22.7 Å². The molecule has 1 atom stereocenters. The molecule has 0 radical (unpaired) electrons. The van der Waals surface area contributed by atoms with Crippen molar-refractivity contribution >= 4 is 28.5 Å². The Morgan fingerprint density at radius 2 is 1.97 bits per heavy atom. The molecule has 2 heterocycles. The molecular weight excluding hydrogens is 495 g/mol. The summed E-state index contributed by atoms with van der Waals surface area (Å²) >= 11 is 6.46. The Bertz CT molecular complexity index is 1310. The predicted octanol–water partition coefficient (Wildman–Crippen LogP) is 5.46. The molecule has 0 saturated carbocycles. The number of fused-ring (bicyclic) bond motifs is 1. The molecule has 1 saturated heterocycles. The molecule has 0 bridgehead atoms. The zero-order valence-electron chi connectivity index (χ0n) is 20.7. The summed E-state index contributed by atoms with van der Waals surface area (Å²) in [4.78, 5) is 18.3. The van der Waals surface area contributed by atoms with Gasteiger partial charge in [0.15, 0.2) is 0 Å². The van der Waals surface area contributed by atoms with Crippen LogP contribution in [0.2, 0.25) is 5.02 Å². The largest absolute Gasteiger partial charge is 0.497 e. The Morgan fingerprint density at radius 1 is 1.24 bits per heavy atom. The zero-order chi connectivity index (χ0) is 26.4. The summed E-state index contributed by atoms with van der Waals surface area (Å²) in [5, 5.41) is 21.9. The molecule has 0 aliphatic carbocycles. The summed E-state index contributed by atoms with van der Waals surface area (Å²) in [7, 11) is 1.58. The molecule has 194 valence electrons. The molecule has 1 fully saturated rings. The molecule has 1 aliphatic rings. The monoisotopic (exact) mass is 524 g/mol. The van der Waals surface area contributed by atoms with Gasteiger partial charge in [-0.15, -0.1) is 0 Å². The number of carboxylic acids is 1. The number of carbonyl (C=O) groups is 1. The molecule has 0 spiro atoms. The fourth-order valence-electron chi connectivity index (χ4n) is 5.03. The number of piperidine rings is 1. The number of hydrogen-bond acceptors (Lipinski definition) is 5. The van der Waals surface area contributed by atoms with Crippen LogP contribution in [0.5, 0.6) is 5.75 Å². The molecule has 6 nitrogen and oxygen atoms in total. The van der Waals surface area contributed by atoms with Gasteiger partial charge >= 0.3 is 5.97 Å². The molecule has 37 heavy (non-hydrogen) atoms. The smallest absolute Gasteiger partial charge is 0.303 e. The maximum Gasteiger partial charge on any atom is 0.303 e. The number of pyridine rings is 1. The van der Waals surface area contributed by atoms with Gasteiger partial charge in [-0.2, -0.15) is 0 Å². The predicted molar refractivity (Wildman–Crippen MR) is 141 cm³/mol. The second-order valence-corrected chi connectivity index (χ2v) is 10.0. The lowest BCUT2D eigenvalue weighted by Gasteiger charge is -2.41. The van der Waals surface area contributed by atoms with Crippen LogP contribution in [-0.4, -0.2) is 52.8 Å². The van der Waals surface area contributed by atoms with Crippen LogP contribution < -0.4 is 4.74 Å². The van der Waals surface area contributed by atoms with Crippen LogP contribution in [-0.2, 0) is 4.79 Å². The van der Waals surface area contributed by atoms with Gasteiger partial charge in [0.25, 0.3) is 0 Å². The van der Waals surface area contributed by atoms with E-state index in [2.05, 4.69) is 21.7 Å². The summed E-state index contributed by atoms with van der Waals surface area (Å²) < 4.78 is 18.4. The maximum absolute atomic E-state index is 13.1. The van der Waals surface area contributed by atoms with Crippen LogP contribution in [0.15, 0.2) is 48.7 Å². The fraction of sp³-hybridized carbons (Fsp3) is 0.379. The molecule has 2 aromatic carbocycles. The molecule has 4 rings (SSSR count). The minimum Gasteiger partial charge on any atom is -0.497 e. The minimum absolute atomic E-state index is 0.0491. The van der Waals surface area contributed by atoms with Crippen LogP contribution in [0.4, 0.5) is 4.39 Å². The molecular formula is C29H30ClFN2O4. The van der Waals surface area contributed by atoms with Crippen molar-refractivity contribution in [3.63, 3.8) is 0 Å². The van der Waals surface area contributed by atoms with Crippen molar-refractivity contribution in [3.8, 4) is 17.6 Å². The summed E-state index contributed by atoms with van der Waals surface area (Å²) in [6.07, 6.45) is 3.05. The van der Waals surface area contributed by atoms with Gasteiger partial charge in [-0.1, -0.05) is 23.4 Å². The molecule has 3 aromatic rings. The average Bonchev–Trinajstić information content (AvgIpc) is 2.89. The van der Waals surface area contributed by atoms with Crippen molar-refractivity contribution in [3.05, 3.63) is 70.6 Å². The van der Waals surface area contributed by atoms with Crippen LogP contribution in [0.25, 0.3) is 10.9 Å². The van der Waals surface area contributed by atoms with Crippen LogP contribution in [0, 0.1) is 23.1 Å². The summed E-state index contributed by atoms with van der Waals surface area (Å²) in [6.45, 7) is 2.00. The number of aliphatic carboxylic acids is 1. The second kappa shape index (κ2) is 11.9. The molecule has 1 aromatic heterocycles. The quantitative estimate of drug-likeness (QED) is 0.381. The van der Waals surface area contributed by atoms with E-state index in [4.69, 9.17) is 16.3 Å². The number of aromatic nitrogens is 1. The number of halogens is 2. The lowest BCUT2D eigenvalue weighted by Crippen LogP contribution is -2.41. The highest BCUT2D eigenvalue weighted by Gasteiger charge is 2.37. The zero-order valence-corrected chi connectivity index (χ0v) is 21.5. The van der Waals surface area contributed by atoms with Crippen LogP contribution in [0.1, 0.15) is 49.3 Å². The van der Waals surface area contributed by atoms with E-state index in [1.54, 1.807) is 25.3 Å². The fourth-order valence-corrected chi connectivity index (χ4v) is 5.31. The van der Waals surface area contributed by atoms with E-state index in [1.165, 1.54) is 18.3 Å². The maximum atomic E-state index is 13.1. The number of nitrogens with zero attached hydrogens (tertiary/aromatic N) is 2. The number of hydrogen-bond donors (Lipinski definition) is 2. The molecule has 8 heteroatoms. The van der Waals surface area contributed by atoms with Gasteiger partial charge in [-0.3, -0.25) is 14.7 Å². The summed E-state index contributed by atoms with van der Waals surface area (Å²) in [5.41, 5.74) is 1.63. The third kappa shape index (κ3) is 6.78. The Hall–Kier alpha value is -3.18. The lowest BCUT2D eigenvalue weighted by atomic mass is 9.71. The number of aliphatic hydroxyl groups excluding tert-OH is 1. The number of benzene rings is 2. The topological polar surface area (TPSA) is 82.9 Å². The third-order valence-electron chi connectivity index (χ3n) is 7.17. The van der Waals surface area contributed by atoms with E-state index >= 15 is 0 Å². The number of ether oxygens (including phenoxy) is 1. The van der Waals surface area contributed by atoms with Gasteiger partial charge in [-0.05, 0) is 86.7 Å². The van der Waals surface area contributed by atoms with Gasteiger partial charge in [0.1, 0.15) is 11.6 Å². The Labute approximate surface area is 221 Å². The first-order valence-electron chi connectivity index (χ1n) is 12.3. The van der Waals surface area contributed by atoms with E-state index in [0.29, 0.717) is 54.1 Å². The first-order valence-corrected chi connectivity index (χ1v) is 12.7. The lowest BCUT2D eigenvalue weighted by molar-refractivity contribution is -0.141. The molecule has 2 N–H and O–H groups in total. The van der Waals surface area contributed by atoms with E-state index in [1.807, 2.05) is 12.1 Å². The van der Waals surface area contributed by atoms with Crippen LogP contribution >= 0.6 is 11.6 Å². The molecule has 1 aliphatic heterocycles. The minimum atomic E-state index is -0.865. The Kier molecular flexibility index (Phi) is 8.65. The highest BCUT2D eigenvalue weighted by Crippen LogP contribution is 2.43. The van der Waals surface area contributed by atoms with E-state index in [9.17, 15) is 19.4 Å². The van der Waals surface area contributed by atoms with Gasteiger partial charge < -0.3 is 14.9 Å². The van der Waals surface area contributed by atoms with Crippen molar-refractivity contribution in [1.29, 1.82) is 0 Å². The van der Waals surface area contributed by atoms with E-state index < -0.39 is 17.5 Å². The average molecular weight is 525 g/mol. The normalized spacial score (nSPS) is 16.1. The Morgan fingerprint density at radius 3 is 2.65 bits per heavy atom. The van der Waals surface area contributed by atoms with Gasteiger partial charge in [-0.25, -0.2) is 4.39 Å². The van der Waals surface area contributed by atoms with Crippen molar-refractivity contribution in [2.24, 2.45) is 5.41 Å². The van der Waals surface area contributed by atoms with Crippen molar-refractivity contribution in [1.82, 2.24) is 9.88 Å². The first kappa shape index (κ1) is 26.9. The molecule has 0 amide bonds. The number of likely N-dealkylation sites (tertiary alicyclic amines) is 1. The number of methoxy groups -OCH3 is 1. The summed E-state index contributed by atoms with van der Waals surface area (Å²) in [6, 6.07) is 11.5. The highest BCUT2D eigenvalue weighted by atomic mass is 35.5.